The van der Waals surface area contributed by atoms with E-state index in [1.54, 1.807) is 0 Å². The molecule has 1 aliphatic heterocycles. The smallest absolute Gasteiger partial charge is 0.0587 e. The van der Waals surface area contributed by atoms with Gasteiger partial charge in [-0.2, -0.15) is 0 Å². The number of likely N-dealkylation sites (N-methyl/N-ethyl adjacent to an activating group) is 1. The zero-order valence-electron chi connectivity index (χ0n) is 6.75. The summed E-state index contributed by atoms with van der Waals surface area (Å²) in [6, 6.07) is 0.385. The molecule has 1 heterocycles. The minimum atomic E-state index is 0.296. The molecule has 1 aliphatic rings. The Bertz CT molecular complexity index is 108. The average Bonchev–Trinajstić information content (AvgIpc) is 1.88. The van der Waals surface area contributed by atoms with Gasteiger partial charge < -0.3 is 5.11 Å². The van der Waals surface area contributed by atoms with Gasteiger partial charge in [0, 0.05) is 12.6 Å². The zero-order chi connectivity index (χ0) is 7.56. The van der Waals surface area contributed by atoms with Gasteiger partial charge in [0.05, 0.1) is 13.3 Å². The van der Waals surface area contributed by atoms with E-state index in [2.05, 4.69) is 23.9 Å². The summed E-state index contributed by atoms with van der Waals surface area (Å²) < 4.78 is 0. The van der Waals surface area contributed by atoms with E-state index < -0.39 is 0 Å². The van der Waals surface area contributed by atoms with Crippen LogP contribution in [0.1, 0.15) is 6.42 Å². The van der Waals surface area contributed by atoms with Crippen molar-refractivity contribution in [1.29, 1.82) is 0 Å². The quantitative estimate of drug-likeness (QED) is 0.541. The Morgan fingerprint density at radius 2 is 2.20 bits per heavy atom. The molecule has 0 aromatic heterocycles. The summed E-state index contributed by atoms with van der Waals surface area (Å²) in [5.74, 6) is 0. The topological polar surface area (TPSA) is 26.7 Å². The maximum atomic E-state index is 8.89. The lowest BCUT2D eigenvalue weighted by Gasteiger charge is -2.36. The predicted molar refractivity (Wildman–Crippen MR) is 40.8 cm³/mol. The van der Waals surface area contributed by atoms with Crippen molar-refractivity contribution >= 4 is 0 Å². The molecule has 0 radical (unpaired) electrons. The Balaban J connectivity index is 2.36. The third kappa shape index (κ3) is 1.68. The normalized spacial score (nSPS) is 30.9. The molecule has 1 unspecified atom stereocenters. The lowest BCUT2D eigenvalue weighted by atomic mass is 10.1. The van der Waals surface area contributed by atoms with E-state index in [-0.39, 0.29) is 0 Å². The van der Waals surface area contributed by atoms with Gasteiger partial charge in [-0.25, -0.2) is 0 Å². The summed E-state index contributed by atoms with van der Waals surface area (Å²) >= 11 is 0. The van der Waals surface area contributed by atoms with E-state index in [9.17, 15) is 0 Å². The van der Waals surface area contributed by atoms with Crippen molar-refractivity contribution < 1.29 is 5.11 Å². The van der Waals surface area contributed by atoms with Crippen molar-refractivity contribution in [1.82, 2.24) is 9.80 Å². The number of rotatable bonds is 1. The summed E-state index contributed by atoms with van der Waals surface area (Å²) in [6.07, 6.45) is 1.09. The summed E-state index contributed by atoms with van der Waals surface area (Å²) in [4.78, 5) is 4.44. The standard InChI is InChI=1S/C7H16N2O/c1-8-4-3-7(5-10)9(2)6-8/h7,10H,3-6H2,1-2H3. The second kappa shape index (κ2) is 3.32. The van der Waals surface area contributed by atoms with E-state index in [1.807, 2.05) is 0 Å². The molecule has 0 amide bonds. The minimum Gasteiger partial charge on any atom is -0.395 e. The highest BCUT2D eigenvalue weighted by Gasteiger charge is 2.20. The van der Waals surface area contributed by atoms with Crippen molar-refractivity contribution in [2.45, 2.75) is 12.5 Å². The molecule has 10 heavy (non-hydrogen) atoms. The van der Waals surface area contributed by atoms with Gasteiger partial charge in [0.2, 0.25) is 0 Å². The molecule has 1 saturated heterocycles. The van der Waals surface area contributed by atoms with Crippen molar-refractivity contribution in [3.05, 3.63) is 0 Å². The summed E-state index contributed by atoms with van der Waals surface area (Å²) in [5.41, 5.74) is 0. The van der Waals surface area contributed by atoms with Crippen molar-refractivity contribution in [2.24, 2.45) is 0 Å². The van der Waals surface area contributed by atoms with Crippen LogP contribution in [0.25, 0.3) is 0 Å². The molecule has 0 aliphatic carbocycles. The van der Waals surface area contributed by atoms with Crippen molar-refractivity contribution in [2.75, 3.05) is 33.9 Å². The van der Waals surface area contributed by atoms with Crippen LogP contribution in [0.3, 0.4) is 0 Å². The van der Waals surface area contributed by atoms with Crippen molar-refractivity contribution in [3.63, 3.8) is 0 Å². The second-order valence-electron chi connectivity index (χ2n) is 3.10. The SMILES string of the molecule is CN1CCC(CO)N(C)C1. The Morgan fingerprint density at radius 3 is 2.70 bits per heavy atom. The fourth-order valence-electron chi connectivity index (χ4n) is 1.39. The monoisotopic (exact) mass is 144 g/mol. The Labute approximate surface area is 62.2 Å². The van der Waals surface area contributed by atoms with Gasteiger partial charge in [0.15, 0.2) is 0 Å². The van der Waals surface area contributed by atoms with E-state index in [4.69, 9.17) is 5.11 Å². The van der Waals surface area contributed by atoms with E-state index in [0.29, 0.717) is 12.6 Å². The molecule has 60 valence electrons. The van der Waals surface area contributed by atoms with Crippen LogP contribution in [0, 0.1) is 0 Å². The van der Waals surface area contributed by atoms with E-state index in [0.717, 1.165) is 19.6 Å². The fourth-order valence-corrected chi connectivity index (χ4v) is 1.39. The summed E-state index contributed by atoms with van der Waals surface area (Å²) in [6.45, 7) is 2.38. The lowest BCUT2D eigenvalue weighted by Crippen LogP contribution is -2.48. The molecule has 3 nitrogen and oxygen atoms in total. The van der Waals surface area contributed by atoms with Crippen LogP contribution < -0.4 is 0 Å². The minimum absolute atomic E-state index is 0.296. The van der Waals surface area contributed by atoms with Crippen LogP contribution in [0.5, 0.6) is 0 Å². The highest BCUT2D eigenvalue weighted by atomic mass is 16.3. The molecule has 1 fully saturated rings. The Kier molecular flexibility index (Phi) is 2.65. The maximum Gasteiger partial charge on any atom is 0.0587 e. The average molecular weight is 144 g/mol. The number of aliphatic hydroxyl groups is 1. The molecule has 1 N–H and O–H groups in total. The Hall–Kier alpha value is -0.120. The van der Waals surface area contributed by atoms with E-state index >= 15 is 0 Å². The summed E-state index contributed by atoms with van der Waals surface area (Å²) in [5, 5.41) is 8.89. The zero-order valence-corrected chi connectivity index (χ0v) is 6.75. The molecule has 0 bridgehead atoms. The third-order valence-electron chi connectivity index (χ3n) is 2.14. The first-order valence-electron chi connectivity index (χ1n) is 3.73. The Morgan fingerprint density at radius 1 is 1.50 bits per heavy atom. The van der Waals surface area contributed by atoms with Crippen LogP contribution >= 0.6 is 0 Å². The van der Waals surface area contributed by atoms with Gasteiger partial charge in [-0.1, -0.05) is 0 Å². The first kappa shape index (κ1) is 7.98. The third-order valence-corrected chi connectivity index (χ3v) is 2.14. The first-order valence-corrected chi connectivity index (χ1v) is 3.73. The molecule has 3 heteroatoms. The number of hydrogen-bond donors (Lipinski definition) is 1. The molecule has 1 atom stereocenters. The predicted octanol–water partition coefficient (Wildman–Crippen LogP) is -0.428. The molecular weight excluding hydrogens is 128 g/mol. The van der Waals surface area contributed by atoms with Crippen LogP contribution in [0.2, 0.25) is 0 Å². The van der Waals surface area contributed by atoms with Gasteiger partial charge in [-0.3, -0.25) is 9.80 Å². The van der Waals surface area contributed by atoms with Gasteiger partial charge >= 0.3 is 0 Å². The van der Waals surface area contributed by atoms with Crippen LogP contribution in [-0.4, -0.2) is 54.9 Å². The highest BCUT2D eigenvalue weighted by molar-refractivity contribution is 4.73. The first-order chi connectivity index (χ1) is 4.74. The number of aliphatic hydroxyl groups excluding tert-OH is 1. The molecular formula is C7H16N2O. The van der Waals surface area contributed by atoms with Crippen LogP contribution in [0.4, 0.5) is 0 Å². The van der Waals surface area contributed by atoms with Crippen molar-refractivity contribution in [3.8, 4) is 0 Å². The largest absolute Gasteiger partial charge is 0.395 e. The molecule has 1 rings (SSSR count). The van der Waals surface area contributed by atoms with Crippen LogP contribution in [0.15, 0.2) is 0 Å². The van der Waals surface area contributed by atoms with E-state index in [1.165, 1.54) is 0 Å². The second-order valence-corrected chi connectivity index (χ2v) is 3.10. The van der Waals surface area contributed by atoms with Gasteiger partial charge in [0.25, 0.3) is 0 Å². The molecule has 0 aromatic carbocycles. The molecule has 0 spiro atoms. The molecule has 0 aromatic rings. The van der Waals surface area contributed by atoms with Crippen LogP contribution in [-0.2, 0) is 0 Å². The van der Waals surface area contributed by atoms with Gasteiger partial charge in [-0.15, -0.1) is 0 Å². The van der Waals surface area contributed by atoms with Gasteiger partial charge in [-0.05, 0) is 20.5 Å². The fraction of sp³-hybridized carbons (Fsp3) is 1.00. The number of hydrogen-bond acceptors (Lipinski definition) is 3. The summed E-state index contributed by atoms with van der Waals surface area (Å²) in [7, 11) is 4.15. The molecule has 0 saturated carbocycles. The highest BCUT2D eigenvalue weighted by Crippen LogP contribution is 2.08. The maximum absolute atomic E-state index is 8.89. The van der Waals surface area contributed by atoms with Gasteiger partial charge in [0.1, 0.15) is 0 Å². The lowest BCUT2D eigenvalue weighted by molar-refractivity contribution is 0.0452. The number of nitrogens with zero attached hydrogens (tertiary/aromatic N) is 2.